The predicted octanol–water partition coefficient (Wildman–Crippen LogP) is 3.15. The SMILES string of the molecule is CCCn1cncc1CN[C@H](C)c1ccccc1OC. The molecule has 0 fully saturated rings. The average Bonchev–Trinajstić information content (AvgIpc) is 2.92. The van der Waals surface area contributed by atoms with Crippen LogP contribution in [0.2, 0.25) is 0 Å². The van der Waals surface area contributed by atoms with Crippen LogP contribution in [0, 0.1) is 0 Å². The number of aryl methyl sites for hydroxylation is 1. The van der Waals surface area contributed by atoms with Crippen LogP contribution in [-0.4, -0.2) is 16.7 Å². The molecule has 1 heterocycles. The lowest BCUT2D eigenvalue weighted by Crippen LogP contribution is -2.20. The molecule has 0 unspecified atom stereocenters. The van der Waals surface area contributed by atoms with E-state index in [4.69, 9.17) is 4.74 Å². The highest BCUT2D eigenvalue weighted by Crippen LogP contribution is 2.24. The van der Waals surface area contributed by atoms with E-state index < -0.39 is 0 Å². The second kappa shape index (κ2) is 7.10. The van der Waals surface area contributed by atoms with Gasteiger partial charge in [0.05, 0.1) is 19.1 Å². The van der Waals surface area contributed by atoms with Crippen LogP contribution in [0.4, 0.5) is 0 Å². The molecular formula is C16H23N3O. The number of ether oxygens (including phenoxy) is 1. The quantitative estimate of drug-likeness (QED) is 0.842. The van der Waals surface area contributed by atoms with Crippen LogP contribution in [0.3, 0.4) is 0 Å². The summed E-state index contributed by atoms with van der Waals surface area (Å²) >= 11 is 0. The molecule has 1 N–H and O–H groups in total. The van der Waals surface area contributed by atoms with Gasteiger partial charge in [0, 0.05) is 30.9 Å². The van der Waals surface area contributed by atoms with Crippen LogP contribution < -0.4 is 10.1 Å². The van der Waals surface area contributed by atoms with E-state index in [-0.39, 0.29) is 6.04 Å². The van der Waals surface area contributed by atoms with Crippen LogP contribution >= 0.6 is 0 Å². The fourth-order valence-electron chi connectivity index (χ4n) is 2.33. The van der Waals surface area contributed by atoms with Crippen LogP contribution in [-0.2, 0) is 13.1 Å². The molecule has 4 heteroatoms. The van der Waals surface area contributed by atoms with E-state index in [2.05, 4.69) is 34.8 Å². The summed E-state index contributed by atoms with van der Waals surface area (Å²) in [6, 6.07) is 8.35. The van der Waals surface area contributed by atoms with Crippen molar-refractivity contribution in [1.82, 2.24) is 14.9 Å². The first-order valence-electron chi connectivity index (χ1n) is 7.11. The zero-order valence-electron chi connectivity index (χ0n) is 12.5. The van der Waals surface area contributed by atoms with Crippen molar-refractivity contribution in [2.45, 2.75) is 39.4 Å². The fourth-order valence-corrected chi connectivity index (χ4v) is 2.33. The van der Waals surface area contributed by atoms with Gasteiger partial charge < -0.3 is 14.6 Å². The van der Waals surface area contributed by atoms with E-state index in [9.17, 15) is 0 Å². The van der Waals surface area contributed by atoms with Gasteiger partial charge in [-0.05, 0) is 19.4 Å². The Morgan fingerprint density at radius 3 is 2.90 bits per heavy atom. The number of nitrogens with one attached hydrogen (secondary N) is 1. The topological polar surface area (TPSA) is 39.1 Å². The lowest BCUT2D eigenvalue weighted by molar-refractivity contribution is 0.401. The van der Waals surface area contributed by atoms with E-state index in [0.29, 0.717) is 0 Å². The van der Waals surface area contributed by atoms with E-state index in [1.165, 1.54) is 11.3 Å². The van der Waals surface area contributed by atoms with Crippen molar-refractivity contribution in [3.05, 3.63) is 48.0 Å². The number of aromatic nitrogens is 2. The molecule has 2 rings (SSSR count). The summed E-state index contributed by atoms with van der Waals surface area (Å²) in [6.07, 6.45) is 4.94. The Bertz CT molecular complexity index is 536. The maximum absolute atomic E-state index is 5.41. The van der Waals surface area contributed by atoms with Crippen LogP contribution in [0.25, 0.3) is 0 Å². The standard InChI is InChI=1S/C16H23N3O/c1-4-9-19-12-17-10-14(19)11-18-13(2)15-7-5-6-8-16(15)20-3/h5-8,10,12-13,18H,4,9,11H2,1-3H3/t13-/m1/s1. The third-order valence-corrected chi connectivity index (χ3v) is 3.46. The monoisotopic (exact) mass is 273 g/mol. The highest BCUT2D eigenvalue weighted by atomic mass is 16.5. The second-order valence-corrected chi connectivity index (χ2v) is 4.92. The maximum atomic E-state index is 5.41. The van der Waals surface area contributed by atoms with Crippen molar-refractivity contribution in [2.24, 2.45) is 0 Å². The van der Waals surface area contributed by atoms with Gasteiger partial charge in [0.15, 0.2) is 0 Å². The Labute approximate surface area is 120 Å². The second-order valence-electron chi connectivity index (χ2n) is 4.92. The predicted molar refractivity (Wildman–Crippen MR) is 80.8 cm³/mol. The number of hydrogen-bond donors (Lipinski definition) is 1. The molecule has 0 aliphatic heterocycles. The number of para-hydroxylation sites is 1. The molecule has 0 aliphatic carbocycles. The van der Waals surface area contributed by atoms with E-state index in [1.807, 2.05) is 30.7 Å². The molecule has 1 atom stereocenters. The first kappa shape index (κ1) is 14.6. The van der Waals surface area contributed by atoms with Gasteiger partial charge >= 0.3 is 0 Å². The Morgan fingerprint density at radius 1 is 1.35 bits per heavy atom. The zero-order valence-corrected chi connectivity index (χ0v) is 12.5. The van der Waals surface area contributed by atoms with Gasteiger partial charge in [0.2, 0.25) is 0 Å². The summed E-state index contributed by atoms with van der Waals surface area (Å²) in [4.78, 5) is 4.22. The van der Waals surface area contributed by atoms with Crippen molar-refractivity contribution in [3.63, 3.8) is 0 Å². The van der Waals surface area contributed by atoms with Crippen LogP contribution in [0.1, 0.15) is 37.6 Å². The van der Waals surface area contributed by atoms with Gasteiger partial charge in [-0.3, -0.25) is 0 Å². The summed E-state index contributed by atoms with van der Waals surface area (Å²) in [7, 11) is 1.71. The minimum absolute atomic E-state index is 0.233. The lowest BCUT2D eigenvalue weighted by atomic mass is 10.1. The maximum Gasteiger partial charge on any atom is 0.123 e. The van der Waals surface area contributed by atoms with Gasteiger partial charge in [-0.1, -0.05) is 25.1 Å². The Kier molecular flexibility index (Phi) is 5.18. The average molecular weight is 273 g/mol. The molecule has 20 heavy (non-hydrogen) atoms. The van der Waals surface area contributed by atoms with Gasteiger partial charge in [-0.25, -0.2) is 4.98 Å². The highest BCUT2D eigenvalue weighted by Gasteiger charge is 2.11. The number of hydrogen-bond acceptors (Lipinski definition) is 3. The van der Waals surface area contributed by atoms with Crippen LogP contribution in [0.15, 0.2) is 36.8 Å². The normalized spacial score (nSPS) is 12.3. The largest absolute Gasteiger partial charge is 0.496 e. The molecule has 2 aromatic rings. The zero-order chi connectivity index (χ0) is 14.4. The fraction of sp³-hybridized carbons (Fsp3) is 0.438. The first-order chi connectivity index (χ1) is 9.76. The molecule has 0 spiro atoms. The van der Waals surface area contributed by atoms with Gasteiger partial charge in [-0.15, -0.1) is 0 Å². The molecule has 1 aromatic carbocycles. The van der Waals surface area contributed by atoms with Crippen LogP contribution in [0.5, 0.6) is 5.75 Å². The first-order valence-corrected chi connectivity index (χ1v) is 7.11. The molecule has 108 valence electrons. The Morgan fingerprint density at radius 2 is 2.15 bits per heavy atom. The van der Waals surface area contributed by atoms with Crippen molar-refractivity contribution < 1.29 is 4.74 Å². The molecular weight excluding hydrogens is 250 g/mol. The van der Waals surface area contributed by atoms with Gasteiger partial charge in [-0.2, -0.15) is 0 Å². The minimum atomic E-state index is 0.233. The summed E-state index contributed by atoms with van der Waals surface area (Å²) < 4.78 is 7.60. The highest BCUT2D eigenvalue weighted by molar-refractivity contribution is 5.35. The number of benzene rings is 1. The van der Waals surface area contributed by atoms with E-state index >= 15 is 0 Å². The third-order valence-electron chi connectivity index (χ3n) is 3.46. The number of nitrogens with zero attached hydrogens (tertiary/aromatic N) is 2. The number of imidazole rings is 1. The summed E-state index contributed by atoms with van der Waals surface area (Å²) in [5.41, 5.74) is 2.39. The van der Waals surface area contributed by atoms with Crippen molar-refractivity contribution in [1.29, 1.82) is 0 Å². The number of rotatable bonds is 7. The molecule has 0 saturated carbocycles. The smallest absolute Gasteiger partial charge is 0.123 e. The van der Waals surface area contributed by atoms with E-state index in [0.717, 1.165) is 25.3 Å². The van der Waals surface area contributed by atoms with Crippen molar-refractivity contribution >= 4 is 0 Å². The Balaban J connectivity index is 2.01. The molecule has 0 radical (unpaired) electrons. The molecule has 1 aromatic heterocycles. The summed E-state index contributed by atoms with van der Waals surface area (Å²) in [5.74, 6) is 0.926. The van der Waals surface area contributed by atoms with Gasteiger partial charge in [0.1, 0.15) is 5.75 Å². The summed E-state index contributed by atoms with van der Waals surface area (Å²) in [6.45, 7) is 6.15. The minimum Gasteiger partial charge on any atom is -0.496 e. The van der Waals surface area contributed by atoms with Gasteiger partial charge in [0.25, 0.3) is 0 Å². The summed E-state index contributed by atoms with van der Waals surface area (Å²) in [5, 5.41) is 3.53. The Hall–Kier alpha value is -1.81. The number of methoxy groups -OCH3 is 1. The molecule has 0 bridgehead atoms. The third kappa shape index (κ3) is 3.39. The van der Waals surface area contributed by atoms with E-state index in [1.54, 1.807) is 7.11 Å². The molecule has 0 saturated heterocycles. The lowest BCUT2D eigenvalue weighted by Gasteiger charge is -2.17. The van der Waals surface area contributed by atoms with Crippen molar-refractivity contribution in [3.8, 4) is 5.75 Å². The molecule has 0 amide bonds. The molecule has 4 nitrogen and oxygen atoms in total. The van der Waals surface area contributed by atoms with Crippen molar-refractivity contribution in [2.75, 3.05) is 7.11 Å². The molecule has 0 aliphatic rings.